The van der Waals surface area contributed by atoms with E-state index in [9.17, 15) is 10.1 Å². The second-order valence-electron chi connectivity index (χ2n) is 6.60. The largest absolute Gasteiger partial charge is 0.337 e. The molecule has 0 bridgehead atoms. The number of hydrogen-bond donors (Lipinski definition) is 1. The Morgan fingerprint density at radius 3 is 2.73 bits per heavy atom. The highest BCUT2D eigenvalue weighted by Gasteiger charge is 2.35. The number of aryl methyl sites for hydroxylation is 1. The monoisotopic (exact) mass is 369 g/mol. The van der Waals surface area contributed by atoms with E-state index in [0.29, 0.717) is 0 Å². The van der Waals surface area contributed by atoms with Crippen LogP contribution in [0.25, 0.3) is 11.4 Å². The Morgan fingerprint density at radius 1 is 1.35 bits per heavy atom. The van der Waals surface area contributed by atoms with Crippen LogP contribution in [0.4, 0.5) is 0 Å². The van der Waals surface area contributed by atoms with Crippen LogP contribution in [0.2, 0.25) is 0 Å². The molecule has 1 aromatic carbocycles. The maximum absolute atomic E-state index is 12.3. The maximum atomic E-state index is 12.3. The van der Waals surface area contributed by atoms with Crippen LogP contribution in [-0.4, -0.2) is 32.0 Å². The first-order chi connectivity index (χ1) is 12.6. The summed E-state index contributed by atoms with van der Waals surface area (Å²) in [4.78, 5) is 12.3. The second-order valence-corrected chi connectivity index (χ2v) is 7.55. The van der Waals surface area contributed by atoms with Gasteiger partial charge in [0.15, 0.2) is 11.0 Å². The van der Waals surface area contributed by atoms with Gasteiger partial charge >= 0.3 is 0 Å². The van der Waals surface area contributed by atoms with Crippen molar-refractivity contribution in [1.82, 2.24) is 20.1 Å². The Labute approximate surface area is 158 Å². The summed E-state index contributed by atoms with van der Waals surface area (Å²) in [5.41, 5.74) is 1.51. The molecule has 7 heteroatoms. The average Bonchev–Trinajstić information content (AvgIpc) is 3.27. The van der Waals surface area contributed by atoms with E-state index >= 15 is 0 Å². The molecule has 0 aliphatic heterocycles. The van der Waals surface area contributed by atoms with Crippen LogP contribution >= 0.6 is 11.8 Å². The van der Waals surface area contributed by atoms with Gasteiger partial charge in [0, 0.05) is 12.1 Å². The Hall–Kier alpha value is -2.33. The van der Waals surface area contributed by atoms with Gasteiger partial charge in [0.05, 0.1) is 11.8 Å². The molecule has 0 saturated heterocycles. The summed E-state index contributed by atoms with van der Waals surface area (Å²) >= 11 is 1.36. The van der Waals surface area contributed by atoms with Crippen molar-refractivity contribution in [3.05, 3.63) is 29.8 Å². The van der Waals surface area contributed by atoms with E-state index in [4.69, 9.17) is 0 Å². The molecule has 1 heterocycles. The number of aromatic nitrogens is 3. The minimum atomic E-state index is -0.678. The molecule has 0 radical (unpaired) electrons. The van der Waals surface area contributed by atoms with E-state index in [-0.39, 0.29) is 11.7 Å². The van der Waals surface area contributed by atoms with Gasteiger partial charge in [0.25, 0.3) is 0 Å². The van der Waals surface area contributed by atoms with Crippen molar-refractivity contribution in [2.75, 3.05) is 5.75 Å². The summed E-state index contributed by atoms with van der Waals surface area (Å²) in [6.07, 6.45) is 3.46. The number of hydrogen-bond acceptors (Lipinski definition) is 5. The molecule has 1 fully saturated rings. The summed E-state index contributed by atoms with van der Waals surface area (Å²) in [5, 5.41) is 21.6. The molecule has 1 amide bonds. The lowest BCUT2D eigenvalue weighted by Gasteiger charge is -2.21. The number of carbonyl (C=O) groups is 1. The van der Waals surface area contributed by atoms with Crippen molar-refractivity contribution in [3.63, 3.8) is 0 Å². The zero-order valence-corrected chi connectivity index (χ0v) is 16.0. The van der Waals surface area contributed by atoms with Gasteiger partial charge in [-0.1, -0.05) is 36.0 Å². The fourth-order valence-electron chi connectivity index (χ4n) is 3.38. The first kappa shape index (κ1) is 18.5. The normalized spacial score (nSPS) is 15.6. The summed E-state index contributed by atoms with van der Waals surface area (Å²) in [7, 11) is 0. The van der Waals surface area contributed by atoms with Crippen LogP contribution in [0.15, 0.2) is 29.4 Å². The Kier molecular flexibility index (Phi) is 5.62. The van der Waals surface area contributed by atoms with Crippen molar-refractivity contribution < 1.29 is 4.79 Å². The van der Waals surface area contributed by atoms with Crippen LogP contribution in [0.3, 0.4) is 0 Å². The number of amides is 1. The van der Waals surface area contributed by atoms with Crippen LogP contribution in [0.1, 0.15) is 38.2 Å². The standard InChI is InChI=1S/C19H23N5OS/c1-3-24-17(15-9-5-4-8-14(15)2)22-23-18(24)26-12-16(25)21-19(13-20)10-6-7-11-19/h4-5,8-9H,3,6-7,10-12H2,1-2H3,(H,21,25). The molecule has 1 saturated carbocycles. The van der Waals surface area contributed by atoms with Gasteiger partial charge in [-0.15, -0.1) is 10.2 Å². The molecule has 3 rings (SSSR count). The minimum Gasteiger partial charge on any atom is -0.337 e. The zero-order chi connectivity index (χ0) is 18.6. The third kappa shape index (κ3) is 3.75. The van der Waals surface area contributed by atoms with Gasteiger partial charge in [0.1, 0.15) is 5.54 Å². The van der Waals surface area contributed by atoms with E-state index in [1.807, 2.05) is 42.7 Å². The average molecular weight is 369 g/mol. The molecule has 1 aliphatic carbocycles. The van der Waals surface area contributed by atoms with Crippen molar-refractivity contribution >= 4 is 17.7 Å². The number of nitriles is 1. The van der Waals surface area contributed by atoms with Gasteiger partial charge in [-0.05, 0) is 45.1 Å². The highest BCUT2D eigenvalue weighted by atomic mass is 32.2. The van der Waals surface area contributed by atoms with Crippen LogP contribution in [0.5, 0.6) is 0 Å². The molecule has 2 aromatic rings. The smallest absolute Gasteiger partial charge is 0.231 e. The van der Waals surface area contributed by atoms with E-state index in [2.05, 4.69) is 21.6 Å². The van der Waals surface area contributed by atoms with Crippen molar-refractivity contribution in [1.29, 1.82) is 5.26 Å². The molecule has 1 N–H and O–H groups in total. The molecule has 0 spiro atoms. The maximum Gasteiger partial charge on any atom is 0.231 e. The van der Waals surface area contributed by atoms with E-state index in [0.717, 1.165) is 54.3 Å². The van der Waals surface area contributed by atoms with E-state index in [1.165, 1.54) is 11.8 Å². The van der Waals surface area contributed by atoms with Gasteiger partial charge in [-0.3, -0.25) is 4.79 Å². The van der Waals surface area contributed by atoms with E-state index < -0.39 is 5.54 Å². The highest BCUT2D eigenvalue weighted by molar-refractivity contribution is 7.99. The Balaban J connectivity index is 1.70. The lowest BCUT2D eigenvalue weighted by Crippen LogP contribution is -2.45. The molecule has 1 aromatic heterocycles. The van der Waals surface area contributed by atoms with Crippen molar-refractivity contribution in [2.45, 2.75) is 56.8 Å². The number of carbonyl (C=O) groups excluding carboxylic acids is 1. The molecule has 0 unspecified atom stereocenters. The lowest BCUT2D eigenvalue weighted by molar-refractivity contribution is -0.119. The van der Waals surface area contributed by atoms with Gasteiger partial charge < -0.3 is 9.88 Å². The summed E-state index contributed by atoms with van der Waals surface area (Å²) in [6, 6.07) is 10.4. The van der Waals surface area contributed by atoms with Gasteiger partial charge in [0.2, 0.25) is 5.91 Å². The number of nitrogens with one attached hydrogen (secondary N) is 1. The van der Waals surface area contributed by atoms with Crippen LogP contribution in [0, 0.1) is 18.3 Å². The highest BCUT2D eigenvalue weighted by Crippen LogP contribution is 2.30. The third-order valence-corrected chi connectivity index (χ3v) is 5.77. The molecule has 136 valence electrons. The second kappa shape index (κ2) is 7.92. The Bertz CT molecular complexity index is 833. The molecule has 6 nitrogen and oxygen atoms in total. The summed E-state index contributed by atoms with van der Waals surface area (Å²) in [5.74, 6) is 0.925. The van der Waals surface area contributed by atoms with E-state index in [1.54, 1.807) is 0 Å². The third-order valence-electron chi connectivity index (χ3n) is 4.80. The summed E-state index contributed by atoms with van der Waals surface area (Å²) in [6.45, 7) is 4.81. The first-order valence-electron chi connectivity index (χ1n) is 8.93. The number of rotatable bonds is 6. The predicted octanol–water partition coefficient (Wildman–Crippen LogP) is 3.32. The molecule has 1 aliphatic rings. The zero-order valence-electron chi connectivity index (χ0n) is 15.2. The fraction of sp³-hybridized carbons (Fsp3) is 0.474. The minimum absolute atomic E-state index is 0.124. The fourth-order valence-corrected chi connectivity index (χ4v) is 4.18. The summed E-state index contributed by atoms with van der Waals surface area (Å²) < 4.78 is 2.02. The molecule has 0 atom stereocenters. The lowest BCUT2D eigenvalue weighted by atomic mass is 10.0. The van der Waals surface area contributed by atoms with Crippen LogP contribution in [-0.2, 0) is 11.3 Å². The number of thioether (sulfide) groups is 1. The van der Waals surface area contributed by atoms with Crippen molar-refractivity contribution in [2.24, 2.45) is 0 Å². The topological polar surface area (TPSA) is 83.6 Å². The molecule has 26 heavy (non-hydrogen) atoms. The Morgan fingerprint density at radius 2 is 2.08 bits per heavy atom. The van der Waals surface area contributed by atoms with Crippen LogP contribution < -0.4 is 5.32 Å². The first-order valence-corrected chi connectivity index (χ1v) is 9.91. The van der Waals surface area contributed by atoms with Gasteiger partial charge in [-0.25, -0.2) is 0 Å². The molecular weight excluding hydrogens is 346 g/mol. The van der Waals surface area contributed by atoms with Crippen molar-refractivity contribution in [3.8, 4) is 17.5 Å². The number of nitrogens with zero attached hydrogens (tertiary/aromatic N) is 4. The van der Waals surface area contributed by atoms with Gasteiger partial charge in [-0.2, -0.15) is 5.26 Å². The molecular formula is C19H23N5OS. The SMILES string of the molecule is CCn1c(SCC(=O)NC2(C#N)CCCC2)nnc1-c1ccccc1C. The number of benzene rings is 1. The predicted molar refractivity (Wildman–Crippen MR) is 102 cm³/mol. The quantitative estimate of drug-likeness (QED) is 0.790.